The molecule has 0 bridgehead atoms. The molecular formula is C20H36. The molecule has 0 spiro atoms. The molecule has 0 nitrogen and oxygen atoms in total. The quantitative estimate of drug-likeness (QED) is 0.555. The van der Waals surface area contributed by atoms with Crippen molar-refractivity contribution in [2.75, 3.05) is 0 Å². The Kier molecular flexibility index (Phi) is 4.78. The van der Waals surface area contributed by atoms with Gasteiger partial charge in [-0.15, -0.1) is 0 Å². The molecule has 0 heteroatoms. The summed E-state index contributed by atoms with van der Waals surface area (Å²) in [5.41, 5.74) is 0. The lowest BCUT2D eigenvalue weighted by atomic mass is 9.55. The highest BCUT2D eigenvalue weighted by Crippen LogP contribution is 2.53. The molecule has 3 rings (SSSR count). The Hall–Kier alpha value is 0. The molecule has 0 aliphatic heterocycles. The fourth-order valence-electron chi connectivity index (χ4n) is 6.39. The monoisotopic (exact) mass is 276 g/mol. The van der Waals surface area contributed by atoms with Gasteiger partial charge in [-0.25, -0.2) is 0 Å². The summed E-state index contributed by atoms with van der Waals surface area (Å²) in [5, 5.41) is 0. The molecule has 0 heterocycles. The van der Waals surface area contributed by atoms with E-state index in [1.54, 1.807) is 25.7 Å². The molecule has 0 saturated heterocycles. The lowest BCUT2D eigenvalue weighted by molar-refractivity contribution is -0.00814. The third kappa shape index (κ3) is 2.81. The smallest absolute Gasteiger partial charge is 0.0329 e. The second kappa shape index (κ2) is 6.41. The van der Waals surface area contributed by atoms with Gasteiger partial charge >= 0.3 is 0 Å². The Labute approximate surface area is 127 Å². The van der Waals surface area contributed by atoms with E-state index >= 15 is 0 Å². The van der Waals surface area contributed by atoms with Gasteiger partial charge in [-0.05, 0) is 47.8 Å². The van der Waals surface area contributed by atoms with Crippen LogP contribution < -0.4 is 0 Å². The molecule has 5 unspecified atom stereocenters. The van der Waals surface area contributed by atoms with Crippen LogP contribution in [0.4, 0.5) is 0 Å². The normalized spacial score (nSPS) is 44.9. The Balaban J connectivity index is 1.74. The largest absolute Gasteiger partial charge is 0.0622 e. The second-order valence-electron chi connectivity index (χ2n) is 8.62. The molecule has 116 valence electrons. The van der Waals surface area contributed by atoms with E-state index in [0.717, 1.165) is 41.4 Å². The highest BCUT2D eigenvalue weighted by molar-refractivity contribution is 4.94. The minimum Gasteiger partial charge on any atom is -0.0622 e. The van der Waals surface area contributed by atoms with E-state index in [4.69, 9.17) is 0 Å². The molecule has 0 amide bonds. The average molecular weight is 277 g/mol. The molecule has 3 aliphatic rings. The molecule has 3 fully saturated rings. The van der Waals surface area contributed by atoms with Crippen molar-refractivity contribution in [2.45, 2.75) is 85.0 Å². The van der Waals surface area contributed by atoms with Crippen molar-refractivity contribution in [3.63, 3.8) is 0 Å². The molecule has 5 atom stereocenters. The van der Waals surface area contributed by atoms with Gasteiger partial charge < -0.3 is 0 Å². The van der Waals surface area contributed by atoms with Crippen LogP contribution in [-0.4, -0.2) is 0 Å². The minimum absolute atomic E-state index is 0.976. The minimum atomic E-state index is 0.976. The Morgan fingerprint density at radius 2 is 1.15 bits per heavy atom. The zero-order valence-corrected chi connectivity index (χ0v) is 14.1. The highest BCUT2D eigenvalue weighted by Gasteiger charge is 2.44. The van der Waals surface area contributed by atoms with Crippen LogP contribution in [0.1, 0.15) is 85.0 Å². The van der Waals surface area contributed by atoms with E-state index in [1.807, 2.05) is 0 Å². The van der Waals surface area contributed by atoms with Gasteiger partial charge in [0.15, 0.2) is 0 Å². The molecule has 3 saturated carbocycles. The van der Waals surface area contributed by atoms with Crippen molar-refractivity contribution in [1.82, 2.24) is 0 Å². The first-order valence-electron chi connectivity index (χ1n) is 9.68. The number of hydrogen-bond acceptors (Lipinski definition) is 0. The summed E-state index contributed by atoms with van der Waals surface area (Å²) in [6.45, 7) is 7.79. The summed E-state index contributed by atoms with van der Waals surface area (Å²) in [5.74, 6) is 7.23. The summed E-state index contributed by atoms with van der Waals surface area (Å²) < 4.78 is 0. The zero-order valence-electron chi connectivity index (χ0n) is 14.1. The lowest BCUT2D eigenvalue weighted by Crippen LogP contribution is -2.43. The third-order valence-electron chi connectivity index (χ3n) is 7.63. The molecule has 0 aromatic rings. The molecule has 3 aliphatic carbocycles. The Morgan fingerprint density at radius 1 is 0.600 bits per heavy atom. The topological polar surface area (TPSA) is 0 Å². The van der Waals surface area contributed by atoms with E-state index in [1.165, 1.54) is 38.5 Å². The van der Waals surface area contributed by atoms with Gasteiger partial charge in [0.05, 0.1) is 0 Å². The summed E-state index contributed by atoms with van der Waals surface area (Å²) >= 11 is 0. The van der Waals surface area contributed by atoms with Gasteiger partial charge in [0, 0.05) is 0 Å². The number of rotatable bonds is 2. The van der Waals surface area contributed by atoms with Crippen molar-refractivity contribution in [3.05, 3.63) is 0 Å². The van der Waals surface area contributed by atoms with Gasteiger partial charge in [0.1, 0.15) is 0 Å². The summed E-state index contributed by atoms with van der Waals surface area (Å²) in [6, 6.07) is 0. The van der Waals surface area contributed by atoms with Crippen LogP contribution in [-0.2, 0) is 0 Å². The Morgan fingerprint density at radius 3 is 1.80 bits per heavy atom. The van der Waals surface area contributed by atoms with Gasteiger partial charge in [0.2, 0.25) is 0 Å². The van der Waals surface area contributed by atoms with E-state index in [-0.39, 0.29) is 0 Å². The predicted octanol–water partition coefficient (Wildman–Crippen LogP) is 6.30. The fraction of sp³-hybridized carbons (Fsp3) is 1.00. The average Bonchev–Trinajstić information content (AvgIpc) is 2.98. The standard InChI is InChI=1S/C20H36/c1-14-13-19(17-9-5-4-6-10-17)16(3)20(15(14)2)18-11-7-8-12-18/h14-20H,4-13H2,1-3H3. The second-order valence-corrected chi connectivity index (χ2v) is 8.62. The summed E-state index contributed by atoms with van der Waals surface area (Å²) in [7, 11) is 0. The van der Waals surface area contributed by atoms with Crippen LogP contribution in [0.2, 0.25) is 0 Å². The van der Waals surface area contributed by atoms with Crippen LogP contribution in [0.25, 0.3) is 0 Å². The summed E-state index contributed by atoms with van der Waals surface area (Å²) in [6.07, 6.45) is 15.3. The lowest BCUT2D eigenvalue weighted by Gasteiger charge is -2.50. The fourth-order valence-corrected chi connectivity index (χ4v) is 6.39. The van der Waals surface area contributed by atoms with Crippen molar-refractivity contribution in [1.29, 1.82) is 0 Å². The van der Waals surface area contributed by atoms with Gasteiger partial charge in [-0.3, -0.25) is 0 Å². The van der Waals surface area contributed by atoms with Crippen LogP contribution in [0.5, 0.6) is 0 Å². The van der Waals surface area contributed by atoms with Gasteiger partial charge in [-0.2, -0.15) is 0 Å². The van der Waals surface area contributed by atoms with Crippen molar-refractivity contribution in [2.24, 2.45) is 41.4 Å². The van der Waals surface area contributed by atoms with Crippen LogP contribution in [0.15, 0.2) is 0 Å². The van der Waals surface area contributed by atoms with Crippen molar-refractivity contribution in [3.8, 4) is 0 Å². The van der Waals surface area contributed by atoms with Crippen LogP contribution in [0.3, 0.4) is 0 Å². The maximum Gasteiger partial charge on any atom is -0.0329 e. The van der Waals surface area contributed by atoms with Crippen LogP contribution >= 0.6 is 0 Å². The molecular weight excluding hydrogens is 240 g/mol. The Bertz CT molecular complexity index is 293. The maximum absolute atomic E-state index is 2.64. The van der Waals surface area contributed by atoms with Gasteiger partial charge in [-0.1, -0.05) is 78.6 Å². The number of hydrogen-bond donors (Lipinski definition) is 0. The third-order valence-corrected chi connectivity index (χ3v) is 7.63. The van der Waals surface area contributed by atoms with E-state index in [9.17, 15) is 0 Å². The van der Waals surface area contributed by atoms with E-state index < -0.39 is 0 Å². The molecule has 0 N–H and O–H groups in total. The van der Waals surface area contributed by atoms with Gasteiger partial charge in [0.25, 0.3) is 0 Å². The first-order chi connectivity index (χ1) is 9.68. The molecule has 20 heavy (non-hydrogen) atoms. The maximum atomic E-state index is 2.64. The predicted molar refractivity (Wildman–Crippen MR) is 87.6 cm³/mol. The van der Waals surface area contributed by atoms with E-state index in [0.29, 0.717) is 0 Å². The zero-order chi connectivity index (χ0) is 14.1. The van der Waals surface area contributed by atoms with Crippen molar-refractivity contribution < 1.29 is 0 Å². The summed E-state index contributed by atoms with van der Waals surface area (Å²) in [4.78, 5) is 0. The molecule has 0 aromatic heterocycles. The first kappa shape index (κ1) is 14.9. The SMILES string of the molecule is CC1CC(C2CCCCC2)C(C)C(C2CCCC2)C1C. The van der Waals surface area contributed by atoms with Crippen LogP contribution in [0, 0.1) is 41.4 Å². The van der Waals surface area contributed by atoms with Crippen molar-refractivity contribution >= 4 is 0 Å². The first-order valence-corrected chi connectivity index (χ1v) is 9.68. The highest BCUT2D eigenvalue weighted by atomic mass is 14.5. The molecule has 0 aromatic carbocycles. The molecule has 0 radical (unpaired) electrons. The van der Waals surface area contributed by atoms with E-state index in [2.05, 4.69) is 20.8 Å².